The smallest absolute Gasteiger partial charge is 0.336 e. The number of carbonyl (C=O) groups is 2. The van der Waals surface area contributed by atoms with Crippen molar-refractivity contribution in [2.75, 3.05) is 13.2 Å². The SMILES string of the molecule is CC1=C(C(=O)OC[C@@H]2CCCO2)[C@H](c2cccc(C)c2)C2=C(CC(C)(C)CC2=O)N1. The van der Waals surface area contributed by atoms with Crippen LogP contribution in [0.25, 0.3) is 0 Å². The van der Waals surface area contributed by atoms with Gasteiger partial charge in [-0.1, -0.05) is 43.7 Å². The molecule has 3 aliphatic rings. The lowest BCUT2D eigenvalue weighted by Crippen LogP contribution is -2.39. The summed E-state index contributed by atoms with van der Waals surface area (Å²) >= 11 is 0. The van der Waals surface area contributed by atoms with Crippen LogP contribution in [0.5, 0.6) is 0 Å². The number of esters is 1. The van der Waals surface area contributed by atoms with Gasteiger partial charge in [-0.25, -0.2) is 4.79 Å². The Labute approximate surface area is 178 Å². The van der Waals surface area contributed by atoms with E-state index in [1.54, 1.807) is 0 Å². The molecule has 5 nitrogen and oxygen atoms in total. The molecule has 0 spiro atoms. The third kappa shape index (κ3) is 4.08. The van der Waals surface area contributed by atoms with E-state index in [0.29, 0.717) is 12.0 Å². The molecule has 0 amide bonds. The number of benzene rings is 1. The summed E-state index contributed by atoms with van der Waals surface area (Å²) in [6.07, 6.45) is 3.14. The van der Waals surface area contributed by atoms with Crippen LogP contribution in [0.15, 0.2) is 46.8 Å². The van der Waals surface area contributed by atoms with Gasteiger partial charge in [-0.05, 0) is 44.1 Å². The molecule has 160 valence electrons. The van der Waals surface area contributed by atoms with Gasteiger partial charge in [0.15, 0.2) is 5.78 Å². The maximum absolute atomic E-state index is 13.3. The van der Waals surface area contributed by atoms with Crippen molar-refractivity contribution in [1.82, 2.24) is 5.32 Å². The minimum absolute atomic E-state index is 0.0317. The van der Waals surface area contributed by atoms with E-state index in [9.17, 15) is 9.59 Å². The monoisotopic (exact) mass is 409 g/mol. The number of ketones is 1. The molecule has 2 aliphatic heterocycles. The van der Waals surface area contributed by atoms with Crippen LogP contribution in [0.3, 0.4) is 0 Å². The molecular weight excluding hydrogens is 378 g/mol. The second-order valence-corrected chi connectivity index (χ2v) is 9.58. The molecule has 0 unspecified atom stereocenters. The average Bonchev–Trinajstić information content (AvgIpc) is 3.17. The number of aryl methyl sites for hydroxylation is 1. The van der Waals surface area contributed by atoms with Crippen LogP contribution >= 0.6 is 0 Å². The first-order chi connectivity index (χ1) is 14.2. The predicted octanol–water partition coefficient (Wildman–Crippen LogP) is 4.32. The maximum atomic E-state index is 13.3. The second kappa shape index (κ2) is 8.03. The number of hydrogen-bond donors (Lipinski definition) is 1. The Morgan fingerprint density at radius 3 is 2.77 bits per heavy atom. The molecule has 0 saturated carbocycles. The van der Waals surface area contributed by atoms with Gasteiger partial charge in [0.2, 0.25) is 0 Å². The van der Waals surface area contributed by atoms with E-state index in [0.717, 1.165) is 54.0 Å². The van der Waals surface area contributed by atoms with Crippen LogP contribution in [0, 0.1) is 12.3 Å². The highest BCUT2D eigenvalue weighted by Crippen LogP contribution is 2.46. The molecule has 2 heterocycles. The molecule has 1 fully saturated rings. The van der Waals surface area contributed by atoms with Crippen LogP contribution in [0.1, 0.15) is 63.5 Å². The summed E-state index contributed by atoms with van der Waals surface area (Å²) < 4.78 is 11.3. The minimum Gasteiger partial charge on any atom is -0.459 e. The number of rotatable bonds is 4. The van der Waals surface area contributed by atoms with E-state index in [1.807, 2.05) is 32.0 Å². The van der Waals surface area contributed by atoms with Crippen molar-refractivity contribution in [3.63, 3.8) is 0 Å². The normalized spacial score (nSPS) is 25.8. The zero-order chi connectivity index (χ0) is 21.5. The summed E-state index contributed by atoms with van der Waals surface area (Å²) in [4.78, 5) is 26.5. The van der Waals surface area contributed by atoms with Gasteiger partial charge in [0.05, 0.1) is 11.7 Å². The van der Waals surface area contributed by atoms with Crippen molar-refractivity contribution in [2.24, 2.45) is 5.41 Å². The van der Waals surface area contributed by atoms with E-state index in [4.69, 9.17) is 9.47 Å². The fourth-order valence-electron chi connectivity index (χ4n) is 4.91. The number of nitrogens with one attached hydrogen (secondary N) is 1. The van der Waals surface area contributed by atoms with Crippen LogP contribution in [0.4, 0.5) is 0 Å². The molecule has 0 bridgehead atoms. The van der Waals surface area contributed by atoms with Gasteiger partial charge in [0.1, 0.15) is 6.61 Å². The number of carbonyl (C=O) groups excluding carboxylic acids is 2. The van der Waals surface area contributed by atoms with Crippen molar-refractivity contribution in [2.45, 2.75) is 65.4 Å². The molecule has 30 heavy (non-hydrogen) atoms. The van der Waals surface area contributed by atoms with Crippen LogP contribution in [-0.2, 0) is 19.1 Å². The van der Waals surface area contributed by atoms with Crippen molar-refractivity contribution in [3.05, 3.63) is 57.9 Å². The van der Waals surface area contributed by atoms with E-state index < -0.39 is 5.92 Å². The van der Waals surface area contributed by atoms with Gasteiger partial charge >= 0.3 is 5.97 Å². The van der Waals surface area contributed by atoms with Gasteiger partial charge in [-0.3, -0.25) is 4.79 Å². The topological polar surface area (TPSA) is 64.6 Å². The lowest BCUT2D eigenvalue weighted by atomic mass is 9.68. The van der Waals surface area contributed by atoms with E-state index in [1.165, 1.54) is 0 Å². The first-order valence-corrected chi connectivity index (χ1v) is 10.8. The fourth-order valence-corrected chi connectivity index (χ4v) is 4.91. The minimum atomic E-state index is -0.401. The Kier molecular flexibility index (Phi) is 5.58. The third-order valence-corrected chi connectivity index (χ3v) is 6.26. The van der Waals surface area contributed by atoms with Crippen molar-refractivity contribution in [3.8, 4) is 0 Å². The van der Waals surface area contributed by atoms with Crippen molar-refractivity contribution >= 4 is 11.8 Å². The molecule has 1 aromatic carbocycles. The van der Waals surface area contributed by atoms with Crippen molar-refractivity contribution in [1.29, 1.82) is 0 Å². The molecule has 1 saturated heterocycles. The van der Waals surface area contributed by atoms with E-state index in [-0.39, 0.29) is 29.9 Å². The van der Waals surface area contributed by atoms with E-state index >= 15 is 0 Å². The molecule has 1 aliphatic carbocycles. The largest absolute Gasteiger partial charge is 0.459 e. The summed E-state index contributed by atoms with van der Waals surface area (Å²) in [6.45, 7) is 9.13. The van der Waals surface area contributed by atoms with Gasteiger partial charge < -0.3 is 14.8 Å². The number of allylic oxidation sites excluding steroid dienone is 3. The highest BCUT2D eigenvalue weighted by atomic mass is 16.6. The highest BCUT2D eigenvalue weighted by Gasteiger charge is 2.43. The summed E-state index contributed by atoms with van der Waals surface area (Å²) in [5.41, 5.74) is 4.92. The standard InChI is InChI=1S/C25H31NO4/c1-15-7-5-8-17(11-15)22-21(24(28)30-14-18-9-6-10-29-18)16(2)26-19-12-25(3,4)13-20(27)23(19)22/h5,7-8,11,18,22,26H,6,9-10,12-14H2,1-4H3/t18-,22-/m0/s1. The summed E-state index contributed by atoms with van der Waals surface area (Å²) in [7, 11) is 0. The average molecular weight is 410 g/mol. The molecular formula is C25H31NO4. The first-order valence-electron chi connectivity index (χ1n) is 10.8. The number of Topliss-reactive ketones (excluding diaryl/α,β-unsaturated/α-hetero) is 1. The number of dihydropyridines is 1. The Morgan fingerprint density at radius 2 is 2.07 bits per heavy atom. The number of ether oxygens (including phenoxy) is 2. The Bertz CT molecular complexity index is 934. The van der Waals surface area contributed by atoms with Gasteiger partial charge in [-0.2, -0.15) is 0 Å². The van der Waals surface area contributed by atoms with Crippen LogP contribution in [0.2, 0.25) is 0 Å². The third-order valence-electron chi connectivity index (χ3n) is 6.26. The quantitative estimate of drug-likeness (QED) is 0.750. The molecule has 2 atom stereocenters. The summed E-state index contributed by atoms with van der Waals surface area (Å²) in [5, 5.41) is 3.38. The van der Waals surface area contributed by atoms with Crippen LogP contribution < -0.4 is 5.32 Å². The Balaban J connectivity index is 1.72. The molecule has 0 radical (unpaired) electrons. The van der Waals surface area contributed by atoms with Gasteiger partial charge in [-0.15, -0.1) is 0 Å². The summed E-state index contributed by atoms with van der Waals surface area (Å²) in [6, 6.07) is 8.07. The zero-order valence-electron chi connectivity index (χ0n) is 18.3. The van der Waals surface area contributed by atoms with Gasteiger partial charge in [0.25, 0.3) is 0 Å². The van der Waals surface area contributed by atoms with Crippen LogP contribution in [-0.4, -0.2) is 31.1 Å². The lowest BCUT2D eigenvalue weighted by molar-refractivity contribution is -0.142. The second-order valence-electron chi connectivity index (χ2n) is 9.58. The van der Waals surface area contributed by atoms with Crippen molar-refractivity contribution < 1.29 is 19.1 Å². The number of hydrogen-bond acceptors (Lipinski definition) is 5. The Morgan fingerprint density at radius 1 is 1.27 bits per heavy atom. The summed E-state index contributed by atoms with van der Waals surface area (Å²) in [5.74, 6) is -0.662. The molecule has 1 N–H and O–H groups in total. The Hall–Kier alpha value is -2.40. The predicted molar refractivity (Wildman–Crippen MR) is 115 cm³/mol. The molecule has 5 heteroatoms. The molecule has 0 aromatic heterocycles. The van der Waals surface area contributed by atoms with Gasteiger partial charge in [0, 0.05) is 35.9 Å². The fraction of sp³-hybridized carbons (Fsp3) is 0.520. The highest BCUT2D eigenvalue weighted by molar-refractivity contribution is 6.04. The lowest BCUT2D eigenvalue weighted by Gasteiger charge is -2.39. The molecule has 1 aromatic rings. The first kappa shape index (κ1) is 20.9. The maximum Gasteiger partial charge on any atom is 0.336 e. The molecule has 4 rings (SSSR count). The zero-order valence-corrected chi connectivity index (χ0v) is 18.3. The van der Waals surface area contributed by atoms with E-state index in [2.05, 4.69) is 25.2 Å².